The molecule has 0 radical (unpaired) electrons. The Bertz CT molecular complexity index is 771. The van der Waals surface area contributed by atoms with E-state index in [0.717, 1.165) is 17.5 Å². The summed E-state index contributed by atoms with van der Waals surface area (Å²) in [6, 6.07) is 4.03. The van der Waals surface area contributed by atoms with Crippen molar-refractivity contribution in [2.45, 2.75) is 27.2 Å². The molecular formula is C16H19N3O3. The van der Waals surface area contributed by atoms with Crippen molar-refractivity contribution in [3.8, 4) is 5.69 Å². The van der Waals surface area contributed by atoms with Crippen molar-refractivity contribution in [1.82, 2.24) is 9.55 Å². The van der Waals surface area contributed by atoms with E-state index in [1.165, 1.54) is 23.6 Å². The third-order valence-electron chi connectivity index (χ3n) is 3.59. The summed E-state index contributed by atoms with van der Waals surface area (Å²) in [5.74, 6) is -0.918. The van der Waals surface area contributed by atoms with Gasteiger partial charge in [0.2, 0.25) is 0 Å². The highest BCUT2D eigenvalue weighted by atomic mass is 16.5. The Balaban J connectivity index is 2.75. The predicted molar refractivity (Wildman–Crippen MR) is 84.4 cm³/mol. The van der Waals surface area contributed by atoms with Gasteiger partial charge in [0, 0.05) is 0 Å². The quantitative estimate of drug-likeness (QED) is 0.873. The molecule has 22 heavy (non-hydrogen) atoms. The molecule has 0 aliphatic heterocycles. The minimum absolute atomic E-state index is 0.131. The maximum Gasteiger partial charge on any atom is 0.347 e. The summed E-state index contributed by atoms with van der Waals surface area (Å²) in [6.07, 6.45) is 2.25. The number of carbonyl (C=O) groups is 1. The van der Waals surface area contributed by atoms with Gasteiger partial charge < -0.3 is 10.5 Å². The maximum absolute atomic E-state index is 12.6. The number of nitrogens with two attached hydrogens (primary N) is 1. The van der Waals surface area contributed by atoms with Crippen LogP contribution in [0, 0.1) is 13.8 Å². The summed E-state index contributed by atoms with van der Waals surface area (Å²) in [7, 11) is 1.20. The average molecular weight is 301 g/mol. The molecule has 6 heteroatoms. The first-order chi connectivity index (χ1) is 10.4. The third-order valence-corrected chi connectivity index (χ3v) is 3.59. The van der Waals surface area contributed by atoms with E-state index in [1.807, 2.05) is 26.0 Å². The number of carbonyl (C=O) groups excluding carboxylic acids is 1. The Hall–Kier alpha value is -2.63. The van der Waals surface area contributed by atoms with Crippen molar-refractivity contribution in [3.63, 3.8) is 0 Å². The molecule has 0 fully saturated rings. The van der Waals surface area contributed by atoms with E-state index in [-0.39, 0.29) is 11.4 Å². The highest BCUT2D eigenvalue weighted by Gasteiger charge is 2.20. The number of aryl methyl sites for hydroxylation is 3. The van der Waals surface area contributed by atoms with Crippen LogP contribution >= 0.6 is 0 Å². The molecule has 1 aromatic carbocycles. The van der Waals surface area contributed by atoms with Gasteiger partial charge in [0.05, 0.1) is 12.8 Å². The van der Waals surface area contributed by atoms with E-state index in [2.05, 4.69) is 16.6 Å². The lowest BCUT2D eigenvalue weighted by Gasteiger charge is -2.15. The molecule has 0 bridgehead atoms. The maximum atomic E-state index is 12.6. The van der Waals surface area contributed by atoms with Crippen LogP contribution in [-0.4, -0.2) is 22.6 Å². The SMILES string of the molecule is CCc1cc(C)c(-n2cnc(N)c(C(=O)OC)c2=O)c(C)c1. The Morgan fingerprint density at radius 2 is 1.91 bits per heavy atom. The van der Waals surface area contributed by atoms with E-state index in [9.17, 15) is 9.59 Å². The van der Waals surface area contributed by atoms with Crippen molar-refractivity contribution in [3.05, 3.63) is 51.1 Å². The van der Waals surface area contributed by atoms with Gasteiger partial charge in [0.1, 0.15) is 12.1 Å². The molecule has 2 rings (SSSR count). The van der Waals surface area contributed by atoms with Crippen LogP contribution in [0.25, 0.3) is 5.69 Å². The number of nitrogen functional groups attached to an aromatic ring is 1. The van der Waals surface area contributed by atoms with Gasteiger partial charge in [-0.05, 0) is 37.0 Å². The monoisotopic (exact) mass is 301 g/mol. The highest BCUT2D eigenvalue weighted by molar-refractivity contribution is 5.93. The van der Waals surface area contributed by atoms with Gasteiger partial charge in [-0.2, -0.15) is 0 Å². The van der Waals surface area contributed by atoms with Crippen LogP contribution < -0.4 is 11.3 Å². The van der Waals surface area contributed by atoms with E-state index in [1.54, 1.807) is 0 Å². The summed E-state index contributed by atoms with van der Waals surface area (Å²) >= 11 is 0. The van der Waals surface area contributed by atoms with Gasteiger partial charge in [-0.15, -0.1) is 0 Å². The number of methoxy groups -OCH3 is 1. The Kier molecular flexibility index (Phi) is 4.30. The van der Waals surface area contributed by atoms with Gasteiger partial charge >= 0.3 is 5.97 Å². The molecule has 1 heterocycles. The molecule has 0 atom stereocenters. The second-order valence-corrected chi connectivity index (χ2v) is 5.10. The molecular weight excluding hydrogens is 282 g/mol. The first kappa shape index (κ1) is 15.8. The number of aromatic nitrogens is 2. The second-order valence-electron chi connectivity index (χ2n) is 5.10. The lowest BCUT2D eigenvalue weighted by Crippen LogP contribution is -2.29. The zero-order valence-corrected chi connectivity index (χ0v) is 13.1. The van der Waals surface area contributed by atoms with Crippen LogP contribution in [0.4, 0.5) is 5.82 Å². The summed E-state index contributed by atoms with van der Waals surface area (Å²) < 4.78 is 5.95. The predicted octanol–water partition coefficient (Wildman–Crippen LogP) is 1.78. The van der Waals surface area contributed by atoms with Crippen LogP contribution in [-0.2, 0) is 11.2 Å². The normalized spacial score (nSPS) is 10.5. The molecule has 0 saturated carbocycles. The zero-order valence-electron chi connectivity index (χ0n) is 13.1. The lowest BCUT2D eigenvalue weighted by atomic mass is 10.0. The van der Waals surface area contributed by atoms with Crippen molar-refractivity contribution in [2.24, 2.45) is 0 Å². The van der Waals surface area contributed by atoms with Crippen LogP contribution in [0.15, 0.2) is 23.3 Å². The standard InChI is InChI=1S/C16H19N3O3/c1-5-11-6-9(2)13(10(3)7-11)19-8-18-14(17)12(15(19)20)16(21)22-4/h6-8H,5,17H2,1-4H3. The first-order valence-corrected chi connectivity index (χ1v) is 6.96. The van der Waals surface area contributed by atoms with Crippen molar-refractivity contribution in [2.75, 3.05) is 12.8 Å². The summed E-state index contributed by atoms with van der Waals surface area (Å²) in [5.41, 5.74) is 8.62. The summed E-state index contributed by atoms with van der Waals surface area (Å²) in [6.45, 7) is 5.91. The molecule has 0 aliphatic rings. The van der Waals surface area contributed by atoms with Crippen molar-refractivity contribution >= 4 is 11.8 Å². The van der Waals surface area contributed by atoms with Gasteiger partial charge in [0.25, 0.3) is 5.56 Å². The Morgan fingerprint density at radius 3 is 2.41 bits per heavy atom. The van der Waals surface area contributed by atoms with Gasteiger partial charge in [0.15, 0.2) is 5.56 Å². The molecule has 0 aliphatic carbocycles. The van der Waals surface area contributed by atoms with E-state index < -0.39 is 11.5 Å². The number of anilines is 1. The number of benzene rings is 1. The molecule has 0 amide bonds. The molecule has 2 aromatic rings. The van der Waals surface area contributed by atoms with Gasteiger partial charge in [-0.3, -0.25) is 9.36 Å². The van der Waals surface area contributed by atoms with Crippen LogP contribution in [0.1, 0.15) is 34.0 Å². The summed E-state index contributed by atoms with van der Waals surface area (Å²) in [5, 5.41) is 0. The second kappa shape index (κ2) is 6.01. The van der Waals surface area contributed by atoms with E-state index in [4.69, 9.17) is 5.73 Å². The fourth-order valence-electron chi connectivity index (χ4n) is 2.55. The minimum atomic E-state index is -0.787. The number of esters is 1. The number of hydrogen-bond donors (Lipinski definition) is 1. The first-order valence-electron chi connectivity index (χ1n) is 6.96. The highest BCUT2D eigenvalue weighted by Crippen LogP contribution is 2.20. The molecule has 6 nitrogen and oxygen atoms in total. The number of nitrogens with zero attached hydrogens (tertiary/aromatic N) is 2. The van der Waals surface area contributed by atoms with Crippen LogP contribution in [0.3, 0.4) is 0 Å². The van der Waals surface area contributed by atoms with Crippen molar-refractivity contribution < 1.29 is 9.53 Å². The molecule has 0 saturated heterocycles. The smallest absolute Gasteiger partial charge is 0.347 e. The molecule has 0 spiro atoms. The lowest BCUT2D eigenvalue weighted by molar-refractivity contribution is 0.0599. The summed E-state index contributed by atoms with van der Waals surface area (Å²) in [4.78, 5) is 28.3. The number of ether oxygens (including phenoxy) is 1. The van der Waals surface area contributed by atoms with E-state index >= 15 is 0 Å². The van der Waals surface area contributed by atoms with Gasteiger partial charge in [-0.1, -0.05) is 19.1 Å². The molecule has 1 aromatic heterocycles. The largest absolute Gasteiger partial charge is 0.465 e. The fraction of sp³-hybridized carbons (Fsp3) is 0.312. The number of rotatable bonds is 3. The van der Waals surface area contributed by atoms with Gasteiger partial charge in [-0.25, -0.2) is 9.78 Å². The average Bonchev–Trinajstić information content (AvgIpc) is 2.48. The molecule has 2 N–H and O–H groups in total. The Labute approximate surface area is 128 Å². The van der Waals surface area contributed by atoms with Crippen molar-refractivity contribution in [1.29, 1.82) is 0 Å². The number of hydrogen-bond acceptors (Lipinski definition) is 5. The van der Waals surface area contributed by atoms with Crippen LogP contribution in [0.2, 0.25) is 0 Å². The Morgan fingerprint density at radius 1 is 1.32 bits per heavy atom. The minimum Gasteiger partial charge on any atom is -0.465 e. The molecule has 116 valence electrons. The van der Waals surface area contributed by atoms with Crippen LogP contribution in [0.5, 0.6) is 0 Å². The third kappa shape index (κ3) is 2.59. The topological polar surface area (TPSA) is 87.2 Å². The fourth-order valence-corrected chi connectivity index (χ4v) is 2.55. The van der Waals surface area contributed by atoms with E-state index in [0.29, 0.717) is 5.69 Å². The molecule has 0 unspecified atom stereocenters. The zero-order chi connectivity index (χ0) is 16.4.